The van der Waals surface area contributed by atoms with Crippen LogP contribution in [0.15, 0.2) is 42.0 Å². The number of carbonyl (C=O) groups is 1. The minimum Gasteiger partial charge on any atom is -0.300 e. The van der Waals surface area contributed by atoms with Crippen molar-refractivity contribution in [2.24, 2.45) is 0 Å². The molecule has 1 nitrogen and oxygen atoms in total. The van der Waals surface area contributed by atoms with Gasteiger partial charge in [0.1, 0.15) is 5.41 Å². The first-order valence-corrected chi connectivity index (χ1v) is 9.42. The van der Waals surface area contributed by atoms with Crippen LogP contribution in [0.5, 0.6) is 0 Å². The van der Waals surface area contributed by atoms with Crippen molar-refractivity contribution in [3.8, 4) is 0 Å². The number of benzene rings is 1. The van der Waals surface area contributed by atoms with E-state index < -0.39 is 8.07 Å². The molecule has 0 radical (unpaired) electrons. The Morgan fingerprint density at radius 2 is 1.82 bits per heavy atom. The Balaban J connectivity index is 2.26. The van der Waals surface area contributed by atoms with E-state index in [1.165, 1.54) is 18.0 Å². The summed E-state index contributed by atoms with van der Waals surface area (Å²) >= 11 is 0. The van der Waals surface area contributed by atoms with Crippen LogP contribution >= 0.6 is 0 Å². The molecule has 0 fully saturated rings. The van der Waals surface area contributed by atoms with Crippen molar-refractivity contribution in [3.63, 3.8) is 0 Å². The van der Waals surface area contributed by atoms with E-state index in [4.69, 9.17) is 0 Å². The lowest BCUT2D eigenvalue weighted by Gasteiger charge is -2.24. The second-order valence-electron chi connectivity index (χ2n) is 5.30. The molecule has 2 rings (SSSR count). The molecule has 0 heterocycles. The van der Waals surface area contributed by atoms with Gasteiger partial charge in [-0.05, 0) is 31.3 Å². The molecule has 0 bridgehead atoms. The fourth-order valence-electron chi connectivity index (χ4n) is 2.43. The third-order valence-electron chi connectivity index (χ3n) is 3.65. The van der Waals surface area contributed by atoms with Crippen LogP contribution in [0.2, 0.25) is 13.1 Å². The minimum atomic E-state index is -1.98. The van der Waals surface area contributed by atoms with Gasteiger partial charge in [0.2, 0.25) is 0 Å². The van der Waals surface area contributed by atoms with Crippen LogP contribution in [0.3, 0.4) is 0 Å². The molecule has 0 saturated carbocycles. The zero-order valence-corrected chi connectivity index (χ0v) is 11.7. The molecule has 1 aliphatic carbocycles. The van der Waals surface area contributed by atoms with Crippen LogP contribution in [-0.2, 0) is 4.79 Å². The van der Waals surface area contributed by atoms with Crippen molar-refractivity contribution >= 4 is 18.7 Å². The molecule has 0 aliphatic heterocycles. The van der Waals surface area contributed by atoms with Gasteiger partial charge in [-0.2, -0.15) is 0 Å². The maximum Gasteiger partial charge on any atom is 0.163 e. The maximum absolute atomic E-state index is 12.6. The second-order valence-corrected chi connectivity index (χ2v) is 9.58. The average molecular weight is 244 g/mol. The van der Waals surface area contributed by atoms with Gasteiger partial charge >= 0.3 is 0 Å². The minimum absolute atomic E-state index is 0.434. The molecule has 1 aromatic rings. The summed E-state index contributed by atoms with van der Waals surface area (Å²) in [5.74, 6) is 0. The van der Waals surface area contributed by atoms with E-state index in [1.54, 1.807) is 0 Å². The van der Waals surface area contributed by atoms with Crippen molar-refractivity contribution in [3.05, 3.63) is 42.0 Å². The highest BCUT2D eigenvalue weighted by atomic mass is 28.3. The van der Waals surface area contributed by atoms with Crippen molar-refractivity contribution in [1.82, 2.24) is 0 Å². The van der Waals surface area contributed by atoms with Crippen LogP contribution in [-0.4, -0.2) is 13.5 Å². The van der Waals surface area contributed by atoms with Gasteiger partial charge in [0, 0.05) is 0 Å². The summed E-state index contributed by atoms with van der Waals surface area (Å²) in [4.78, 5) is 12.6. The molecule has 2 heteroatoms. The summed E-state index contributed by atoms with van der Waals surface area (Å²) in [7, 11) is -1.98. The Bertz CT molecular complexity index is 431. The summed E-state index contributed by atoms with van der Waals surface area (Å²) in [6.45, 7) is 4.33. The van der Waals surface area contributed by atoms with Gasteiger partial charge < -0.3 is 4.79 Å². The summed E-state index contributed by atoms with van der Waals surface area (Å²) < 4.78 is 0. The smallest absolute Gasteiger partial charge is 0.163 e. The topological polar surface area (TPSA) is 17.1 Å². The molecule has 17 heavy (non-hydrogen) atoms. The van der Waals surface area contributed by atoms with Crippen molar-refractivity contribution in [2.45, 2.75) is 38.8 Å². The molecular weight excluding hydrogens is 224 g/mol. The normalized spacial score (nSPS) is 16.5. The van der Waals surface area contributed by atoms with Crippen LogP contribution in [0, 0.1) is 0 Å². The van der Waals surface area contributed by atoms with Crippen molar-refractivity contribution in [1.29, 1.82) is 0 Å². The van der Waals surface area contributed by atoms with Crippen LogP contribution < -0.4 is 5.19 Å². The lowest BCUT2D eigenvalue weighted by molar-refractivity contribution is -0.109. The zero-order chi connectivity index (χ0) is 12.3. The third-order valence-corrected chi connectivity index (χ3v) is 6.88. The molecular formula is C15H20OSi. The Morgan fingerprint density at radius 3 is 2.41 bits per heavy atom. The van der Waals surface area contributed by atoms with Crippen LogP contribution in [0.1, 0.15) is 25.7 Å². The second kappa shape index (κ2) is 5.01. The van der Waals surface area contributed by atoms with Crippen molar-refractivity contribution < 1.29 is 4.79 Å². The summed E-state index contributed by atoms with van der Waals surface area (Å²) in [6.07, 6.45) is 6.66. The first-order chi connectivity index (χ1) is 8.12. The van der Waals surface area contributed by atoms with Gasteiger partial charge in [-0.3, -0.25) is 0 Å². The van der Waals surface area contributed by atoms with E-state index in [2.05, 4.69) is 31.3 Å². The van der Waals surface area contributed by atoms with Gasteiger partial charge in [-0.25, -0.2) is 0 Å². The van der Waals surface area contributed by atoms with Gasteiger partial charge in [0.25, 0.3) is 0 Å². The summed E-state index contributed by atoms with van der Waals surface area (Å²) in [5, 5.41) is 1.68. The van der Waals surface area contributed by atoms with Gasteiger partial charge in [-0.1, -0.05) is 54.7 Å². The zero-order valence-electron chi connectivity index (χ0n) is 10.7. The number of allylic oxidation sites excluding steroid dienone is 2. The van der Waals surface area contributed by atoms with Gasteiger partial charge in [0.15, 0.2) is 8.07 Å². The van der Waals surface area contributed by atoms with Crippen molar-refractivity contribution in [2.75, 3.05) is 0 Å². The molecule has 0 atom stereocenters. The SMILES string of the molecule is C[Si](C)(C(=O)C1=CCCCC1)c1ccccc1. The first-order valence-electron chi connectivity index (χ1n) is 6.42. The quantitative estimate of drug-likeness (QED) is 0.746. The predicted octanol–water partition coefficient (Wildman–Crippen LogP) is 3.21. The molecule has 1 aliphatic rings. The molecule has 0 aromatic heterocycles. The lowest BCUT2D eigenvalue weighted by Crippen LogP contribution is -2.50. The van der Waals surface area contributed by atoms with E-state index in [0.717, 1.165) is 18.4 Å². The monoisotopic (exact) mass is 244 g/mol. The number of carbonyl (C=O) groups excluding carboxylic acids is 1. The standard InChI is InChI=1S/C15H20OSi/c1-17(2,14-11-7-4-8-12-14)15(16)13-9-5-3-6-10-13/h4,7-9,11-12H,3,5-6,10H2,1-2H3. The lowest BCUT2D eigenvalue weighted by atomic mass is 10.0. The molecule has 0 spiro atoms. The fraction of sp³-hybridized carbons (Fsp3) is 0.400. The Morgan fingerprint density at radius 1 is 1.12 bits per heavy atom. The highest BCUT2D eigenvalue weighted by Crippen LogP contribution is 2.22. The number of hydrogen-bond donors (Lipinski definition) is 0. The third kappa shape index (κ3) is 2.58. The molecule has 1 aromatic carbocycles. The maximum atomic E-state index is 12.6. The molecule has 0 N–H and O–H groups in total. The summed E-state index contributed by atoms with van der Waals surface area (Å²) in [6, 6.07) is 10.3. The predicted molar refractivity (Wildman–Crippen MR) is 75.1 cm³/mol. The van der Waals surface area contributed by atoms with E-state index in [9.17, 15) is 4.79 Å². The van der Waals surface area contributed by atoms with Crippen LogP contribution in [0.25, 0.3) is 0 Å². The largest absolute Gasteiger partial charge is 0.300 e. The van der Waals surface area contributed by atoms with E-state index in [1.807, 2.05) is 18.2 Å². The van der Waals surface area contributed by atoms with Gasteiger partial charge in [0.05, 0.1) is 0 Å². The van der Waals surface area contributed by atoms with E-state index in [-0.39, 0.29) is 0 Å². The molecule has 0 unspecified atom stereocenters. The highest BCUT2D eigenvalue weighted by Gasteiger charge is 2.34. The molecule has 0 amide bonds. The fourth-order valence-corrected chi connectivity index (χ4v) is 4.75. The average Bonchev–Trinajstić information content (AvgIpc) is 2.40. The van der Waals surface area contributed by atoms with E-state index in [0.29, 0.717) is 5.41 Å². The highest BCUT2D eigenvalue weighted by molar-refractivity contribution is 7.14. The Labute approximate surface area is 105 Å². The molecule has 90 valence electrons. The van der Waals surface area contributed by atoms with Gasteiger partial charge in [-0.15, -0.1) is 0 Å². The Kier molecular flexibility index (Phi) is 3.62. The number of rotatable bonds is 3. The Hall–Kier alpha value is -1.15. The van der Waals surface area contributed by atoms with E-state index >= 15 is 0 Å². The molecule has 0 saturated heterocycles. The van der Waals surface area contributed by atoms with Crippen LogP contribution in [0.4, 0.5) is 0 Å². The first kappa shape index (κ1) is 12.3. The number of hydrogen-bond acceptors (Lipinski definition) is 1. The summed E-state index contributed by atoms with van der Waals surface area (Å²) in [5.41, 5.74) is 1.09.